The van der Waals surface area contributed by atoms with Crippen molar-refractivity contribution in [2.45, 2.75) is 13.0 Å². The Morgan fingerprint density at radius 2 is 2.08 bits per heavy atom. The van der Waals surface area contributed by atoms with E-state index < -0.39 is 6.10 Å². The van der Waals surface area contributed by atoms with Crippen LogP contribution in [0.4, 0.5) is 0 Å². The van der Waals surface area contributed by atoms with Gasteiger partial charge in [0.05, 0.1) is 11.6 Å². The molecule has 1 aromatic heterocycles. The van der Waals surface area contributed by atoms with Gasteiger partial charge in [0.25, 0.3) is 0 Å². The molecule has 0 saturated carbocycles. The third-order valence-corrected chi connectivity index (χ3v) is 2.09. The summed E-state index contributed by atoms with van der Waals surface area (Å²) in [6.45, 7) is 1.74. The van der Waals surface area contributed by atoms with Crippen molar-refractivity contribution in [3.8, 4) is 0 Å². The Hall–Kier alpha value is -1.41. The molecule has 0 saturated heterocycles. The normalized spacial score (nSPS) is 13.1. The van der Waals surface area contributed by atoms with Crippen LogP contribution in [0.2, 0.25) is 0 Å². The second-order valence-corrected chi connectivity index (χ2v) is 3.14. The van der Waals surface area contributed by atoms with Gasteiger partial charge in [0, 0.05) is 11.6 Å². The Kier molecular flexibility index (Phi) is 1.99. The minimum Gasteiger partial charge on any atom is -0.389 e. The molecule has 0 aliphatic rings. The van der Waals surface area contributed by atoms with Crippen LogP contribution in [0.3, 0.4) is 0 Å². The van der Waals surface area contributed by atoms with Crippen LogP contribution in [0.25, 0.3) is 10.9 Å². The van der Waals surface area contributed by atoms with E-state index in [-0.39, 0.29) is 0 Å². The van der Waals surface area contributed by atoms with E-state index in [0.717, 1.165) is 16.5 Å². The van der Waals surface area contributed by atoms with Crippen LogP contribution in [0.15, 0.2) is 36.5 Å². The first-order valence-electron chi connectivity index (χ1n) is 4.30. The summed E-state index contributed by atoms with van der Waals surface area (Å²) < 4.78 is 0. The number of para-hydroxylation sites is 1. The van der Waals surface area contributed by atoms with Crippen LogP contribution in [0.5, 0.6) is 0 Å². The van der Waals surface area contributed by atoms with Crippen LogP contribution >= 0.6 is 0 Å². The average molecular weight is 173 g/mol. The van der Waals surface area contributed by atoms with Gasteiger partial charge >= 0.3 is 0 Å². The molecule has 0 aliphatic carbocycles. The Morgan fingerprint density at radius 3 is 2.85 bits per heavy atom. The molecule has 2 aromatic rings. The molecule has 0 bridgehead atoms. The first-order valence-corrected chi connectivity index (χ1v) is 4.30. The zero-order valence-corrected chi connectivity index (χ0v) is 7.44. The van der Waals surface area contributed by atoms with E-state index in [2.05, 4.69) is 4.98 Å². The first-order chi connectivity index (χ1) is 6.27. The molecule has 2 heteroatoms. The number of nitrogens with zero attached hydrogens (tertiary/aromatic N) is 1. The molecule has 1 aromatic carbocycles. The molecular formula is C11H11NO. The smallest absolute Gasteiger partial charge is 0.0777 e. The third kappa shape index (κ3) is 1.53. The van der Waals surface area contributed by atoms with Crippen molar-refractivity contribution in [2.75, 3.05) is 0 Å². The molecule has 2 rings (SSSR count). The summed E-state index contributed by atoms with van der Waals surface area (Å²) >= 11 is 0. The van der Waals surface area contributed by atoms with Gasteiger partial charge < -0.3 is 5.11 Å². The molecule has 0 aliphatic heterocycles. The van der Waals surface area contributed by atoms with Gasteiger partial charge in [0.1, 0.15) is 0 Å². The van der Waals surface area contributed by atoms with Gasteiger partial charge in [-0.1, -0.05) is 18.2 Å². The van der Waals surface area contributed by atoms with Gasteiger partial charge in [-0.3, -0.25) is 4.98 Å². The molecule has 13 heavy (non-hydrogen) atoms. The molecule has 0 spiro atoms. The summed E-state index contributed by atoms with van der Waals surface area (Å²) in [4.78, 5) is 4.24. The predicted molar refractivity (Wildman–Crippen MR) is 52.4 cm³/mol. The van der Waals surface area contributed by atoms with Gasteiger partial charge in [-0.15, -0.1) is 0 Å². The highest BCUT2D eigenvalue weighted by atomic mass is 16.3. The lowest BCUT2D eigenvalue weighted by molar-refractivity contribution is 0.199. The van der Waals surface area contributed by atoms with Crippen molar-refractivity contribution in [2.24, 2.45) is 0 Å². The predicted octanol–water partition coefficient (Wildman–Crippen LogP) is 2.29. The molecule has 1 N–H and O–H groups in total. The Balaban J connectivity index is 2.62. The van der Waals surface area contributed by atoms with E-state index in [1.807, 2.05) is 30.3 Å². The maximum Gasteiger partial charge on any atom is 0.0777 e. The number of hydrogen-bond acceptors (Lipinski definition) is 2. The number of aliphatic hydroxyl groups excluding tert-OH is 1. The van der Waals surface area contributed by atoms with Crippen LogP contribution < -0.4 is 0 Å². The summed E-state index contributed by atoms with van der Waals surface area (Å²) in [5.41, 5.74) is 1.82. The summed E-state index contributed by atoms with van der Waals surface area (Å²) in [7, 11) is 0. The summed E-state index contributed by atoms with van der Waals surface area (Å²) in [5, 5.41) is 10.4. The van der Waals surface area contributed by atoms with Crippen LogP contribution in [0, 0.1) is 0 Å². The van der Waals surface area contributed by atoms with Crippen molar-refractivity contribution < 1.29 is 5.11 Å². The lowest BCUT2D eigenvalue weighted by atomic mass is 10.1. The number of fused-ring (bicyclic) bond motifs is 1. The quantitative estimate of drug-likeness (QED) is 0.717. The van der Waals surface area contributed by atoms with Crippen LogP contribution in [-0.4, -0.2) is 10.1 Å². The molecule has 0 unspecified atom stereocenters. The fraction of sp³-hybridized carbons (Fsp3) is 0.182. The second-order valence-electron chi connectivity index (χ2n) is 3.14. The molecular weight excluding hydrogens is 162 g/mol. The highest BCUT2D eigenvalue weighted by Gasteiger charge is 2.01. The molecule has 2 nitrogen and oxygen atoms in total. The number of benzene rings is 1. The fourth-order valence-electron chi connectivity index (χ4n) is 1.32. The lowest BCUT2D eigenvalue weighted by Crippen LogP contribution is -1.91. The first kappa shape index (κ1) is 8.20. The van der Waals surface area contributed by atoms with Crippen molar-refractivity contribution in [1.29, 1.82) is 0 Å². The Bertz CT molecular complexity index is 423. The summed E-state index contributed by atoms with van der Waals surface area (Å²) in [6.07, 6.45) is 1.27. The average Bonchev–Trinajstić information content (AvgIpc) is 2.17. The van der Waals surface area contributed by atoms with Gasteiger partial charge in [-0.2, -0.15) is 0 Å². The number of hydrogen-bond donors (Lipinski definition) is 1. The fourth-order valence-corrected chi connectivity index (χ4v) is 1.32. The number of aromatic nitrogens is 1. The topological polar surface area (TPSA) is 33.1 Å². The Morgan fingerprint density at radius 1 is 1.31 bits per heavy atom. The van der Waals surface area contributed by atoms with Crippen molar-refractivity contribution in [3.05, 3.63) is 42.1 Å². The zero-order chi connectivity index (χ0) is 9.26. The highest BCUT2D eigenvalue weighted by molar-refractivity contribution is 5.78. The monoisotopic (exact) mass is 173 g/mol. The molecule has 66 valence electrons. The van der Waals surface area contributed by atoms with Crippen molar-refractivity contribution in [3.63, 3.8) is 0 Å². The standard InChI is InChI=1S/C11H11NO/c1-8(13)10-6-9-4-2-3-5-11(9)12-7-10/h2-8,13H,1H3/t8-/m0/s1. The zero-order valence-electron chi connectivity index (χ0n) is 7.44. The second kappa shape index (κ2) is 3.15. The van der Waals surface area contributed by atoms with E-state index in [1.165, 1.54) is 0 Å². The van der Waals surface area contributed by atoms with Gasteiger partial charge in [-0.25, -0.2) is 0 Å². The van der Waals surface area contributed by atoms with Gasteiger partial charge in [0.15, 0.2) is 0 Å². The summed E-state index contributed by atoms with van der Waals surface area (Å²) in [6, 6.07) is 9.84. The van der Waals surface area contributed by atoms with Crippen molar-refractivity contribution >= 4 is 10.9 Å². The third-order valence-electron chi connectivity index (χ3n) is 2.09. The van der Waals surface area contributed by atoms with E-state index >= 15 is 0 Å². The van der Waals surface area contributed by atoms with E-state index in [0.29, 0.717) is 0 Å². The molecule has 1 atom stereocenters. The molecule has 0 radical (unpaired) electrons. The minimum atomic E-state index is -0.447. The van der Waals surface area contributed by atoms with Gasteiger partial charge in [0.2, 0.25) is 0 Å². The van der Waals surface area contributed by atoms with Gasteiger partial charge in [-0.05, 0) is 24.6 Å². The van der Waals surface area contributed by atoms with E-state index in [9.17, 15) is 5.11 Å². The maximum atomic E-state index is 9.34. The highest BCUT2D eigenvalue weighted by Crippen LogP contribution is 2.17. The van der Waals surface area contributed by atoms with E-state index in [1.54, 1.807) is 13.1 Å². The van der Waals surface area contributed by atoms with Crippen molar-refractivity contribution in [1.82, 2.24) is 4.98 Å². The summed E-state index contributed by atoms with van der Waals surface area (Å²) in [5.74, 6) is 0. The molecule has 1 heterocycles. The van der Waals surface area contributed by atoms with E-state index in [4.69, 9.17) is 0 Å². The lowest BCUT2D eigenvalue weighted by Gasteiger charge is -2.04. The number of rotatable bonds is 1. The van der Waals surface area contributed by atoms with Crippen LogP contribution in [-0.2, 0) is 0 Å². The molecule has 0 amide bonds. The Labute approximate surface area is 76.9 Å². The maximum absolute atomic E-state index is 9.34. The molecule has 0 fully saturated rings. The number of pyridine rings is 1. The van der Waals surface area contributed by atoms with Crippen LogP contribution in [0.1, 0.15) is 18.6 Å². The number of aliphatic hydroxyl groups is 1. The SMILES string of the molecule is C[C@H](O)c1cnc2ccccc2c1. The minimum absolute atomic E-state index is 0.447. The largest absolute Gasteiger partial charge is 0.389 e.